The predicted octanol–water partition coefficient (Wildman–Crippen LogP) is 4.39. The molecule has 2 aromatic carbocycles. The molecule has 0 aliphatic heterocycles. The van der Waals surface area contributed by atoms with Gasteiger partial charge in [-0.25, -0.2) is 0 Å². The van der Waals surface area contributed by atoms with Crippen molar-refractivity contribution < 1.29 is 4.79 Å². The predicted molar refractivity (Wildman–Crippen MR) is 108 cm³/mol. The molecule has 0 saturated heterocycles. The van der Waals surface area contributed by atoms with Gasteiger partial charge in [0.15, 0.2) is 0 Å². The van der Waals surface area contributed by atoms with Crippen molar-refractivity contribution in [3.8, 4) is 0 Å². The third-order valence-corrected chi connectivity index (χ3v) is 5.19. The second-order valence-corrected chi connectivity index (χ2v) is 7.56. The van der Waals surface area contributed by atoms with Gasteiger partial charge in [-0.05, 0) is 36.5 Å². The molecule has 1 N–H and O–H groups in total. The fraction of sp³-hybridized carbons (Fsp3) is 0.227. The van der Waals surface area contributed by atoms with E-state index in [0.717, 1.165) is 17.0 Å². The fourth-order valence-corrected chi connectivity index (χ4v) is 3.74. The van der Waals surface area contributed by atoms with Crippen molar-refractivity contribution in [1.29, 1.82) is 0 Å². The number of thiophene rings is 1. The lowest BCUT2D eigenvalue weighted by atomic mass is 10.1. The first-order valence-electron chi connectivity index (χ1n) is 8.73. The van der Waals surface area contributed by atoms with Gasteiger partial charge in [-0.3, -0.25) is 9.69 Å². The Morgan fingerprint density at radius 1 is 1.04 bits per heavy atom. The van der Waals surface area contributed by atoms with Gasteiger partial charge in [-0.1, -0.05) is 66.2 Å². The Bertz CT molecular complexity index is 813. The van der Waals surface area contributed by atoms with Gasteiger partial charge in [-0.15, -0.1) is 11.3 Å². The summed E-state index contributed by atoms with van der Waals surface area (Å²) in [6.07, 6.45) is 0. The number of carbonyl (C=O) groups excluding carboxylic acids is 1. The van der Waals surface area contributed by atoms with Gasteiger partial charge in [-0.2, -0.15) is 0 Å². The lowest BCUT2D eigenvalue weighted by Crippen LogP contribution is -2.37. The van der Waals surface area contributed by atoms with Crippen LogP contribution >= 0.6 is 11.3 Å². The topological polar surface area (TPSA) is 32.3 Å². The SMILES string of the molecule is Cc1ccc(CN(C)CC(=O)NC(c2ccccc2)c2cccs2)cc1. The smallest absolute Gasteiger partial charge is 0.234 e. The summed E-state index contributed by atoms with van der Waals surface area (Å²) in [6.45, 7) is 3.19. The van der Waals surface area contributed by atoms with Crippen LogP contribution in [-0.2, 0) is 11.3 Å². The quantitative estimate of drug-likeness (QED) is 0.674. The standard InChI is InChI=1S/C22H24N2OS/c1-17-10-12-18(13-11-17)15-24(2)16-21(25)23-22(20-9-6-14-26-20)19-7-4-3-5-8-19/h3-14,22H,15-16H2,1-2H3,(H,23,25). The molecular weight excluding hydrogens is 340 g/mol. The van der Waals surface area contributed by atoms with Crippen molar-refractivity contribution in [3.05, 3.63) is 93.7 Å². The molecule has 0 saturated carbocycles. The maximum Gasteiger partial charge on any atom is 0.234 e. The van der Waals surface area contributed by atoms with Crippen LogP contribution in [-0.4, -0.2) is 24.4 Å². The van der Waals surface area contributed by atoms with E-state index in [-0.39, 0.29) is 11.9 Å². The van der Waals surface area contributed by atoms with Crippen molar-refractivity contribution in [2.45, 2.75) is 19.5 Å². The van der Waals surface area contributed by atoms with E-state index in [1.165, 1.54) is 11.1 Å². The highest BCUT2D eigenvalue weighted by Gasteiger charge is 2.18. The number of carbonyl (C=O) groups is 1. The van der Waals surface area contributed by atoms with Crippen molar-refractivity contribution in [1.82, 2.24) is 10.2 Å². The zero-order chi connectivity index (χ0) is 18.4. The number of hydrogen-bond acceptors (Lipinski definition) is 3. The number of aryl methyl sites for hydroxylation is 1. The zero-order valence-electron chi connectivity index (χ0n) is 15.2. The molecule has 1 atom stereocenters. The molecule has 4 heteroatoms. The molecule has 0 radical (unpaired) electrons. The molecule has 0 aliphatic rings. The molecule has 1 unspecified atom stereocenters. The van der Waals surface area contributed by atoms with E-state index < -0.39 is 0 Å². The van der Waals surface area contributed by atoms with Crippen LogP contribution in [0.25, 0.3) is 0 Å². The first-order chi connectivity index (χ1) is 12.6. The molecule has 0 aliphatic carbocycles. The molecule has 0 bridgehead atoms. The van der Waals surface area contributed by atoms with Crippen LogP contribution in [0.4, 0.5) is 0 Å². The van der Waals surface area contributed by atoms with Gasteiger partial charge in [0.2, 0.25) is 5.91 Å². The fourth-order valence-electron chi connectivity index (χ4n) is 2.93. The monoisotopic (exact) mass is 364 g/mol. The van der Waals surface area contributed by atoms with Crippen LogP contribution < -0.4 is 5.32 Å². The molecule has 0 fully saturated rings. The number of nitrogens with one attached hydrogen (secondary N) is 1. The maximum absolute atomic E-state index is 12.6. The molecule has 134 valence electrons. The second-order valence-electron chi connectivity index (χ2n) is 6.58. The number of benzene rings is 2. The normalized spacial score (nSPS) is 12.1. The minimum Gasteiger partial charge on any atom is -0.343 e. The van der Waals surface area contributed by atoms with E-state index >= 15 is 0 Å². The maximum atomic E-state index is 12.6. The van der Waals surface area contributed by atoms with Crippen molar-refractivity contribution in [2.75, 3.05) is 13.6 Å². The summed E-state index contributed by atoms with van der Waals surface area (Å²) in [4.78, 5) is 15.8. The van der Waals surface area contributed by atoms with Gasteiger partial charge in [0.05, 0.1) is 12.6 Å². The van der Waals surface area contributed by atoms with Crippen LogP contribution in [0.1, 0.15) is 27.6 Å². The van der Waals surface area contributed by atoms with E-state index in [1.807, 2.05) is 41.6 Å². The van der Waals surface area contributed by atoms with Crippen molar-refractivity contribution in [2.24, 2.45) is 0 Å². The lowest BCUT2D eigenvalue weighted by Gasteiger charge is -2.21. The first kappa shape index (κ1) is 18.4. The van der Waals surface area contributed by atoms with Crippen molar-refractivity contribution >= 4 is 17.2 Å². The zero-order valence-corrected chi connectivity index (χ0v) is 16.0. The molecule has 26 heavy (non-hydrogen) atoms. The number of rotatable bonds is 7. The largest absolute Gasteiger partial charge is 0.343 e. The average molecular weight is 365 g/mol. The van der Waals surface area contributed by atoms with Crippen LogP contribution in [0.15, 0.2) is 72.1 Å². The Morgan fingerprint density at radius 2 is 1.77 bits per heavy atom. The molecule has 3 rings (SSSR count). The number of likely N-dealkylation sites (N-methyl/N-ethyl adjacent to an activating group) is 1. The molecule has 0 spiro atoms. The van der Waals surface area contributed by atoms with E-state index in [4.69, 9.17) is 0 Å². The third kappa shape index (κ3) is 5.04. The third-order valence-electron chi connectivity index (χ3n) is 4.25. The molecule has 3 aromatic rings. The van der Waals surface area contributed by atoms with E-state index in [9.17, 15) is 4.79 Å². The summed E-state index contributed by atoms with van der Waals surface area (Å²) in [5.74, 6) is 0.0295. The van der Waals surface area contributed by atoms with Crippen LogP contribution in [0.5, 0.6) is 0 Å². The van der Waals surface area contributed by atoms with E-state index in [1.54, 1.807) is 11.3 Å². The molecular formula is C22H24N2OS. The Hall–Kier alpha value is -2.43. The van der Waals surface area contributed by atoms with Crippen LogP contribution in [0, 0.1) is 6.92 Å². The Kier molecular flexibility index (Phi) is 6.21. The summed E-state index contributed by atoms with van der Waals surface area (Å²) >= 11 is 1.66. The summed E-state index contributed by atoms with van der Waals surface area (Å²) in [5.41, 5.74) is 3.56. The number of nitrogens with zero attached hydrogens (tertiary/aromatic N) is 1. The number of amides is 1. The number of hydrogen-bond donors (Lipinski definition) is 1. The highest BCUT2D eigenvalue weighted by molar-refractivity contribution is 7.10. The minimum absolute atomic E-state index is 0.0295. The summed E-state index contributed by atoms with van der Waals surface area (Å²) in [7, 11) is 1.97. The molecule has 1 aromatic heterocycles. The van der Waals surface area contributed by atoms with Gasteiger partial charge < -0.3 is 5.32 Å². The first-order valence-corrected chi connectivity index (χ1v) is 9.61. The highest BCUT2D eigenvalue weighted by atomic mass is 32.1. The summed E-state index contributed by atoms with van der Waals surface area (Å²) in [5, 5.41) is 5.23. The molecule has 1 amide bonds. The minimum atomic E-state index is -0.100. The second kappa shape index (κ2) is 8.79. The van der Waals surface area contributed by atoms with Gasteiger partial charge in [0, 0.05) is 11.4 Å². The summed E-state index contributed by atoms with van der Waals surface area (Å²) < 4.78 is 0. The molecule has 3 nitrogen and oxygen atoms in total. The van der Waals surface area contributed by atoms with E-state index in [0.29, 0.717) is 6.54 Å². The Morgan fingerprint density at radius 3 is 2.42 bits per heavy atom. The highest BCUT2D eigenvalue weighted by Crippen LogP contribution is 2.25. The average Bonchev–Trinajstić information content (AvgIpc) is 3.17. The Labute approximate surface area is 159 Å². The molecule has 1 heterocycles. The van der Waals surface area contributed by atoms with Gasteiger partial charge in [0.25, 0.3) is 0 Å². The van der Waals surface area contributed by atoms with Crippen molar-refractivity contribution in [3.63, 3.8) is 0 Å². The van der Waals surface area contributed by atoms with Crippen LogP contribution in [0.2, 0.25) is 0 Å². The van der Waals surface area contributed by atoms with Gasteiger partial charge in [0.1, 0.15) is 0 Å². The lowest BCUT2D eigenvalue weighted by molar-refractivity contribution is -0.122. The Balaban J connectivity index is 1.63. The van der Waals surface area contributed by atoms with Crippen LogP contribution in [0.3, 0.4) is 0 Å². The summed E-state index contributed by atoms with van der Waals surface area (Å²) in [6, 6.07) is 22.5. The van der Waals surface area contributed by atoms with Gasteiger partial charge >= 0.3 is 0 Å². The van der Waals surface area contributed by atoms with E-state index in [2.05, 4.69) is 54.7 Å².